The molecule has 0 aliphatic carbocycles. The Hall–Kier alpha value is -0.110. The minimum Gasteiger partial charge on any atom is -0.482 e. The number of hydrogen-bond donors (Lipinski definition) is 1. The van der Waals surface area contributed by atoms with Crippen molar-refractivity contribution in [3.63, 3.8) is 0 Å². The van der Waals surface area contributed by atoms with Crippen LogP contribution in [0.25, 0.3) is 0 Å². The summed E-state index contributed by atoms with van der Waals surface area (Å²) in [4.78, 5) is 1.14. The molecule has 0 fully saturated rings. The van der Waals surface area contributed by atoms with Crippen LogP contribution in [0.2, 0.25) is 0 Å². The molecule has 0 saturated heterocycles. The highest BCUT2D eigenvalue weighted by Gasteiger charge is 2.14. The van der Waals surface area contributed by atoms with Gasteiger partial charge in [-0.2, -0.15) is 0 Å². The molecule has 0 spiro atoms. The van der Waals surface area contributed by atoms with Crippen LogP contribution in [-0.4, -0.2) is 6.54 Å². The second kappa shape index (κ2) is 6.17. The van der Waals surface area contributed by atoms with Crippen LogP contribution in [0.4, 0.5) is 0 Å². The van der Waals surface area contributed by atoms with Crippen LogP contribution in [0.15, 0.2) is 40.2 Å². The van der Waals surface area contributed by atoms with Crippen molar-refractivity contribution in [2.45, 2.75) is 6.10 Å². The number of nitrogens with two attached hydrogens (primary N) is 1. The van der Waals surface area contributed by atoms with E-state index in [4.69, 9.17) is 10.5 Å². The predicted molar refractivity (Wildman–Crippen MR) is 83.6 cm³/mol. The number of ether oxygens (including phenoxy) is 1. The number of hydrogen-bond acceptors (Lipinski definition) is 3. The maximum atomic E-state index is 5.95. The lowest BCUT2D eigenvalue weighted by molar-refractivity contribution is 0.216. The van der Waals surface area contributed by atoms with Gasteiger partial charge in [0.15, 0.2) is 0 Å². The SMILES string of the molecule is NCC(Oc1ccccc1I)c1cc(Br)cs1. The lowest BCUT2D eigenvalue weighted by Crippen LogP contribution is -2.17. The summed E-state index contributed by atoms with van der Waals surface area (Å²) in [7, 11) is 0. The molecule has 0 amide bonds. The maximum absolute atomic E-state index is 5.95. The van der Waals surface area contributed by atoms with E-state index in [1.54, 1.807) is 11.3 Å². The van der Waals surface area contributed by atoms with E-state index < -0.39 is 0 Å². The molecule has 1 unspecified atom stereocenters. The summed E-state index contributed by atoms with van der Waals surface area (Å²) >= 11 is 7.36. The molecular weight excluding hydrogens is 413 g/mol. The smallest absolute Gasteiger partial charge is 0.145 e. The van der Waals surface area contributed by atoms with Crippen molar-refractivity contribution in [3.05, 3.63) is 48.6 Å². The Balaban J connectivity index is 2.18. The molecule has 0 saturated carbocycles. The summed E-state index contributed by atoms with van der Waals surface area (Å²) in [6.45, 7) is 0.470. The van der Waals surface area contributed by atoms with E-state index in [2.05, 4.69) is 44.6 Å². The van der Waals surface area contributed by atoms with E-state index in [0.717, 1.165) is 18.7 Å². The van der Waals surface area contributed by atoms with Gasteiger partial charge in [0.25, 0.3) is 0 Å². The van der Waals surface area contributed by atoms with Gasteiger partial charge in [-0.15, -0.1) is 11.3 Å². The second-order valence-corrected chi connectivity index (χ2v) is 6.46. The van der Waals surface area contributed by atoms with E-state index in [9.17, 15) is 0 Å². The highest BCUT2D eigenvalue weighted by molar-refractivity contribution is 14.1. The quantitative estimate of drug-likeness (QED) is 0.748. The number of para-hydroxylation sites is 1. The van der Waals surface area contributed by atoms with Crippen molar-refractivity contribution in [1.29, 1.82) is 0 Å². The Morgan fingerprint density at radius 3 is 2.76 bits per heavy atom. The molecular formula is C12H11BrINOS. The fourth-order valence-corrected chi connectivity index (χ4v) is 3.41. The van der Waals surface area contributed by atoms with E-state index in [1.807, 2.05) is 29.6 Å². The Bertz CT molecular complexity index is 503. The summed E-state index contributed by atoms with van der Waals surface area (Å²) in [5, 5.41) is 2.04. The first-order valence-corrected chi connectivity index (χ1v) is 7.81. The summed E-state index contributed by atoms with van der Waals surface area (Å²) < 4.78 is 8.12. The van der Waals surface area contributed by atoms with Gasteiger partial charge in [-0.25, -0.2) is 0 Å². The zero-order valence-electron chi connectivity index (χ0n) is 8.90. The van der Waals surface area contributed by atoms with Crippen LogP contribution < -0.4 is 10.5 Å². The fraction of sp³-hybridized carbons (Fsp3) is 0.167. The van der Waals surface area contributed by atoms with E-state index >= 15 is 0 Å². The molecule has 0 aliphatic heterocycles. The molecule has 0 radical (unpaired) electrons. The molecule has 5 heteroatoms. The van der Waals surface area contributed by atoms with Crippen LogP contribution in [-0.2, 0) is 0 Å². The zero-order chi connectivity index (χ0) is 12.3. The molecule has 1 heterocycles. The van der Waals surface area contributed by atoms with Crippen molar-refractivity contribution < 1.29 is 4.74 Å². The second-order valence-electron chi connectivity index (χ2n) is 3.44. The third-order valence-electron chi connectivity index (χ3n) is 2.23. The molecule has 2 nitrogen and oxygen atoms in total. The minimum absolute atomic E-state index is 0.0813. The molecule has 17 heavy (non-hydrogen) atoms. The predicted octanol–water partition coefficient (Wildman–Crippen LogP) is 4.19. The average Bonchev–Trinajstić information content (AvgIpc) is 2.75. The molecule has 2 rings (SSSR count). The van der Waals surface area contributed by atoms with E-state index in [1.165, 1.54) is 0 Å². The largest absolute Gasteiger partial charge is 0.482 e. The normalized spacial score (nSPS) is 12.4. The van der Waals surface area contributed by atoms with Crippen molar-refractivity contribution >= 4 is 49.9 Å². The zero-order valence-corrected chi connectivity index (χ0v) is 13.5. The summed E-state index contributed by atoms with van der Waals surface area (Å²) in [5.74, 6) is 0.882. The molecule has 90 valence electrons. The van der Waals surface area contributed by atoms with Gasteiger partial charge in [-0.1, -0.05) is 12.1 Å². The molecule has 0 aliphatic rings. The molecule has 1 atom stereocenters. The highest BCUT2D eigenvalue weighted by atomic mass is 127. The van der Waals surface area contributed by atoms with Crippen molar-refractivity contribution in [2.75, 3.05) is 6.54 Å². The van der Waals surface area contributed by atoms with Crippen LogP contribution in [0.3, 0.4) is 0 Å². The van der Waals surface area contributed by atoms with Gasteiger partial charge in [-0.05, 0) is 56.7 Å². The lowest BCUT2D eigenvalue weighted by atomic mass is 10.3. The van der Waals surface area contributed by atoms with Gasteiger partial charge < -0.3 is 10.5 Å². The standard InChI is InChI=1S/C12H11BrINOS/c13-8-5-12(17-7-8)11(6-15)16-10-4-2-1-3-9(10)14/h1-5,7,11H,6,15H2. The van der Waals surface area contributed by atoms with Gasteiger partial charge in [0.2, 0.25) is 0 Å². The number of benzene rings is 1. The van der Waals surface area contributed by atoms with E-state index in [0.29, 0.717) is 6.54 Å². The first kappa shape index (κ1) is 13.3. The van der Waals surface area contributed by atoms with Gasteiger partial charge in [0.05, 0.1) is 3.57 Å². The Morgan fingerprint density at radius 1 is 1.41 bits per heavy atom. The summed E-state index contributed by atoms with van der Waals surface area (Å²) in [5.41, 5.74) is 5.78. The molecule has 1 aromatic carbocycles. The Labute approximate surface area is 126 Å². The number of halogens is 2. The minimum atomic E-state index is -0.0813. The average molecular weight is 424 g/mol. The molecule has 2 N–H and O–H groups in total. The van der Waals surface area contributed by atoms with Gasteiger partial charge >= 0.3 is 0 Å². The summed E-state index contributed by atoms with van der Waals surface area (Å²) in [6.07, 6.45) is -0.0813. The van der Waals surface area contributed by atoms with Gasteiger partial charge in [0.1, 0.15) is 11.9 Å². The monoisotopic (exact) mass is 423 g/mol. The number of thiophene rings is 1. The molecule has 0 bridgehead atoms. The van der Waals surface area contributed by atoms with Crippen molar-refractivity contribution in [1.82, 2.24) is 0 Å². The molecule has 1 aromatic heterocycles. The van der Waals surface area contributed by atoms with Crippen LogP contribution in [0.1, 0.15) is 11.0 Å². The maximum Gasteiger partial charge on any atom is 0.145 e. The van der Waals surface area contributed by atoms with Crippen LogP contribution in [0.5, 0.6) is 5.75 Å². The summed E-state index contributed by atoms with van der Waals surface area (Å²) in [6, 6.07) is 10.0. The topological polar surface area (TPSA) is 35.2 Å². The number of rotatable bonds is 4. The van der Waals surface area contributed by atoms with Crippen LogP contribution >= 0.6 is 49.9 Å². The molecule has 2 aromatic rings. The van der Waals surface area contributed by atoms with Gasteiger partial charge in [0, 0.05) is 21.3 Å². The van der Waals surface area contributed by atoms with Gasteiger partial charge in [-0.3, -0.25) is 0 Å². The van der Waals surface area contributed by atoms with Crippen LogP contribution in [0, 0.1) is 3.57 Å². The van der Waals surface area contributed by atoms with E-state index in [-0.39, 0.29) is 6.10 Å². The fourth-order valence-electron chi connectivity index (χ4n) is 1.41. The first-order chi connectivity index (χ1) is 8.20. The third-order valence-corrected chi connectivity index (χ3v) is 4.90. The van der Waals surface area contributed by atoms with Crippen molar-refractivity contribution in [2.24, 2.45) is 5.73 Å². The Morgan fingerprint density at radius 2 is 2.18 bits per heavy atom. The lowest BCUT2D eigenvalue weighted by Gasteiger charge is -2.16. The third kappa shape index (κ3) is 3.43. The first-order valence-electron chi connectivity index (χ1n) is 5.06. The highest BCUT2D eigenvalue weighted by Crippen LogP contribution is 2.30. The van der Waals surface area contributed by atoms with Crippen molar-refractivity contribution in [3.8, 4) is 5.75 Å². The Kier molecular flexibility index (Phi) is 4.84.